The van der Waals surface area contributed by atoms with Crippen LogP contribution in [-0.2, 0) is 0 Å². The van der Waals surface area contributed by atoms with Gasteiger partial charge in [-0.3, -0.25) is 4.40 Å². The third kappa shape index (κ3) is 1.00. The molecule has 0 atom stereocenters. The van der Waals surface area contributed by atoms with Crippen molar-refractivity contribution >= 4 is 33.2 Å². The van der Waals surface area contributed by atoms with Gasteiger partial charge >= 0.3 is 0 Å². The lowest BCUT2D eigenvalue weighted by Crippen LogP contribution is -1.86. The Morgan fingerprint density at radius 1 is 1.45 bits per heavy atom. The molecule has 0 saturated heterocycles. The fourth-order valence-corrected chi connectivity index (χ4v) is 1.33. The SMILES string of the molecule is Clc1nnc2c(Br)nccn12. The molecule has 0 saturated carbocycles. The number of halogens is 2. The van der Waals surface area contributed by atoms with E-state index in [1.165, 1.54) is 0 Å². The van der Waals surface area contributed by atoms with Crippen molar-refractivity contribution < 1.29 is 0 Å². The van der Waals surface area contributed by atoms with Gasteiger partial charge in [-0.25, -0.2) is 4.98 Å². The molecule has 0 fully saturated rings. The first-order chi connectivity index (χ1) is 5.29. The lowest BCUT2D eigenvalue weighted by atomic mass is 10.7. The molecule has 0 radical (unpaired) electrons. The summed E-state index contributed by atoms with van der Waals surface area (Å²) in [5, 5.41) is 7.79. The van der Waals surface area contributed by atoms with Crippen molar-refractivity contribution in [2.24, 2.45) is 0 Å². The maximum absolute atomic E-state index is 5.69. The van der Waals surface area contributed by atoms with Crippen molar-refractivity contribution in [1.82, 2.24) is 19.6 Å². The van der Waals surface area contributed by atoms with E-state index in [0.717, 1.165) is 0 Å². The van der Waals surface area contributed by atoms with Gasteiger partial charge in [-0.15, -0.1) is 10.2 Å². The van der Waals surface area contributed by atoms with E-state index >= 15 is 0 Å². The quantitative estimate of drug-likeness (QED) is 0.693. The van der Waals surface area contributed by atoms with Crippen molar-refractivity contribution in [3.63, 3.8) is 0 Å². The summed E-state index contributed by atoms with van der Waals surface area (Å²) in [6.45, 7) is 0. The van der Waals surface area contributed by atoms with E-state index in [1.54, 1.807) is 16.8 Å². The molecule has 0 N–H and O–H groups in total. The molecule has 56 valence electrons. The fraction of sp³-hybridized carbons (Fsp3) is 0. The van der Waals surface area contributed by atoms with Crippen molar-refractivity contribution in [2.45, 2.75) is 0 Å². The maximum Gasteiger partial charge on any atom is 0.229 e. The van der Waals surface area contributed by atoms with Gasteiger partial charge in [-0.1, -0.05) is 0 Å². The van der Waals surface area contributed by atoms with Gasteiger partial charge in [0.25, 0.3) is 0 Å². The second-order valence-corrected chi connectivity index (χ2v) is 2.97. The van der Waals surface area contributed by atoms with Gasteiger partial charge in [0.1, 0.15) is 0 Å². The number of aromatic nitrogens is 4. The van der Waals surface area contributed by atoms with E-state index in [2.05, 4.69) is 31.1 Å². The molecule has 0 amide bonds. The van der Waals surface area contributed by atoms with Crippen LogP contribution in [0, 0.1) is 0 Å². The van der Waals surface area contributed by atoms with Crippen LogP contribution in [0.5, 0.6) is 0 Å². The van der Waals surface area contributed by atoms with Gasteiger partial charge in [0, 0.05) is 12.4 Å². The second kappa shape index (κ2) is 2.42. The van der Waals surface area contributed by atoms with E-state index in [-0.39, 0.29) is 0 Å². The van der Waals surface area contributed by atoms with E-state index in [0.29, 0.717) is 15.5 Å². The summed E-state index contributed by atoms with van der Waals surface area (Å²) in [5.41, 5.74) is 0.623. The minimum absolute atomic E-state index is 0.336. The first-order valence-electron chi connectivity index (χ1n) is 2.80. The summed E-state index contributed by atoms with van der Waals surface area (Å²) < 4.78 is 2.28. The highest BCUT2D eigenvalue weighted by Crippen LogP contribution is 2.14. The Bertz CT molecular complexity index is 398. The van der Waals surface area contributed by atoms with Crippen LogP contribution in [0.1, 0.15) is 0 Å². The summed E-state index contributed by atoms with van der Waals surface area (Å²) in [6.07, 6.45) is 3.31. The average molecular weight is 233 g/mol. The van der Waals surface area contributed by atoms with Crippen LogP contribution in [0.2, 0.25) is 5.28 Å². The highest BCUT2D eigenvalue weighted by Gasteiger charge is 2.04. The van der Waals surface area contributed by atoms with Crippen LogP contribution in [0.15, 0.2) is 17.0 Å². The normalized spacial score (nSPS) is 10.7. The third-order valence-electron chi connectivity index (χ3n) is 1.24. The minimum Gasteiger partial charge on any atom is -0.269 e. The number of hydrogen-bond donors (Lipinski definition) is 0. The number of rotatable bonds is 0. The summed E-state index contributed by atoms with van der Waals surface area (Å²) in [5.74, 6) is 0. The average Bonchev–Trinajstić information content (AvgIpc) is 2.35. The Kier molecular flexibility index (Phi) is 1.54. The number of fused-ring (bicyclic) bond motifs is 1. The summed E-state index contributed by atoms with van der Waals surface area (Å²) in [4.78, 5) is 3.96. The summed E-state index contributed by atoms with van der Waals surface area (Å²) in [7, 11) is 0. The number of hydrogen-bond acceptors (Lipinski definition) is 3. The maximum atomic E-state index is 5.69. The molecule has 6 heteroatoms. The zero-order valence-corrected chi connectivity index (χ0v) is 7.54. The molecule has 0 aliphatic heterocycles. The molecule has 2 rings (SSSR count). The first-order valence-corrected chi connectivity index (χ1v) is 3.97. The Hall–Kier alpha value is -0.680. The van der Waals surface area contributed by atoms with Crippen LogP contribution in [0.4, 0.5) is 0 Å². The molecule has 0 aliphatic carbocycles. The van der Waals surface area contributed by atoms with Crippen molar-refractivity contribution in [2.75, 3.05) is 0 Å². The smallest absolute Gasteiger partial charge is 0.229 e. The highest BCUT2D eigenvalue weighted by molar-refractivity contribution is 9.10. The molecule has 0 unspecified atom stereocenters. The Morgan fingerprint density at radius 3 is 3.00 bits per heavy atom. The summed E-state index contributed by atoms with van der Waals surface area (Å²) in [6, 6.07) is 0. The second-order valence-electron chi connectivity index (χ2n) is 1.88. The molecule has 0 spiro atoms. The van der Waals surface area contributed by atoms with Gasteiger partial charge in [0.15, 0.2) is 10.3 Å². The van der Waals surface area contributed by atoms with E-state index in [9.17, 15) is 0 Å². The monoisotopic (exact) mass is 232 g/mol. The molecule has 2 aromatic heterocycles. The van der Waals surface area contributed by atoms with E-state index in [4.69, 9.17) is 11.6 Å². The predicted octanol–water partition coefficient (Wildman–Crippen LogP) is 1.54. The van der Waals surface area contributed by atoms with Gasteiger partial charge in [-0.2, -0.15) is 0 Å². The zero-order valence-electron chi connectivity index (χ0n) is 5.20. The molecule has 11 heavy (non-hydrogen) atoms. The number of nitrogens with zero attached hydrogens (tertiary/aromatic N) is 4. The molecule has 4 nitrogen and oxygen atoms in total. The Labute approximate surface area is 75.3 Å². The van der Waals surface area contributed by atoms with Gasteiger partial charge in [0.2, 0.25) is 5.28 Å². The lowest BCUT2D eigenvalue weighted by molar-refractivity contribution is 1.10. The highest BCUT2D eigenvalue weighted by atomic mass is 79.9. The topological polar surface area (TPSA) is 43.1 Å². The third-order valence-corrected chi connectivity index (χ3v) is 2.06. The van der Waals surface area contributed by atoms with Gasteiger partial charge in [0.05, 0.1) is 0 Å². The molecular formula is C5H2BrClN4. The lowest BCUT2D eigenvalue weighted by Gasteiger charge is -1.91. The van der Waals surface area contributed by atoms with Gasteiger partial charge < -0.3 is 0 Å². The fourth-order valence-electron chi connectivity index (χ4n) is 0.768. The Balaban J connectivity index is 2.94. The van der Waals surface area contributed by atoms with Crippen molar-refractivity contribution in [1.29, 1.82) is 0 Å². The molecule has 0 bridgehead atoms. The van der Waals surface area contributed by atoms with Gasteiger partial charge in [-0.05, 0) is 27.5 Å². The Morgan fingerprint density at radius 2 is 2.27 bits per heavy atom. The molecular weight excluding hydrogens is 231 g/mol. The van der Waals surface area contributed by atoms with E-state index < -0.39 is 0 Å². The first kappa shape index (κ1) is 7.00. The molecule has 0 aromatic carbocycles. The molecule has 2 heterocycles. The van der Waals surface area contributed by atoms with Crippen LogP contribution >= 0.6 is 27.5 Å². The van der Waals surface area contributed by atoms with Crippen LogP contribution in [0.3, 0.4) is 0 Å². The van der Waals surface area contributed by atoms with Crippen molar-refractivity contribution in [3.8, 4) is 0 Å². The van der Waals surface area contributed by atoms with Crippen LogP contribution in [0.25, 0.3) is 5.65 Å². The van der Waals surface area contributed by atoms with Crippen LogP contribution < -0.4 is 0 Å². The molecule has 2 aromatic rings. The van der Waals surface area contributed by atoms with Crippen LogP contribution in [-0.4, -0.2) is 19.6 Å². The summed E-state index contributed by atoms with van der Waals surface area (Å²) >= 11 is 8.90. The predicted molar refractivity (Wildman–Crippen MR) is 43.5 cm³/mol. The van der Waals surface area contributed by atoms with Crippen molar-refractivity contribution in [3.05, 3.63) is 22.3 Å². The largest absolute Gasteiger partial charge is 0.269 e. The zero-order chi connectivity index (χ0) is 7.84. The van der Waals surface area contributed by atoms with E-state index in [1.807, 2.05) is 0 Å². The standard InChI is InChI=1S/C5H2BrClN4/c6-3-4-9-10-5(7)11(4)2-1-8-3/h1-2H. The molecule has 0 aliphatic rings. The minimum atomic E-state index is 0.336.